The monoisotopic (exact) mass is 342 g/mol. The van der Waals surface area contributed by atoms with Gasteiger partial charge < -0.3 is 4.42 Å². The Kier molecular flexibility index (Phi) is 4.01. The van der Waals surface area contributed by atoms with E-state index in [9.17, 15) is 4.79 Å². The van der Waals surface area contributed by atoms with Crippen molar-refractivity contribution in [1.82, 2.24) is 4.98 Å². The predicted molar refractivity (Wildman–Crippen MR) is 103 cm³/mol. The summed E-state index contributed by atoms with van der Waals surface area (Å²) in [6.07, 6.45) is 3.24. The molecule has 128 valence electrons. The topological polar surface area (TPSA) is 55.1 Å². The van der Waals surface area contributed by atoms with Crippen molar-refractivity contribution < 1.29 is 9.21 Å². The van der Waals surface area contributed by atoms with E-state index in [1.807, 2.05) is 36.4 Å². The van der Waals surface area contributed by atoms with Crippen LogP contribution in [0.4, 0.5) is 5.88 Å². The van der Waals surface area contributed by atoms with Crippen LogP contribution in [0.2, 0.25) is 0 Å². The van der Waals surface area contributed by atoms with Crippen molar-refractivity contribution in [1.29, 1.82) is 0 Å². The van der Waals surface area contributed by atoms with Gasteiger partial charge in [0.25, 0.3) is 5.91 Å². The maximum atomic E-state index is 12.8. The first-order chi connectivity index (χ1) is 12.6. The molecule has 0 spiro atoms. The third-order valence-corrected chi connectivity index (χ3v) is 4.46. The van der Waals surface area contributed by atoms with Gasteiger partial charge in [0.1, 0.15) is 0 Å². The summed E-state index contributed by atoms with van der Waals surface area (Å²) in [6, 6.07) is 17.4. The molecule has 4 nitrogen and oxygen atoms in total. The van der Waals surface area contributed by atoms with E-state index in [0.717, 1.165) is 27.6 Å². The molecule has 2 aromatic heterocycles. The number of hydrogen-bond acceptors (Lipinski definition) is 3. The van der Waals surface area contributed by atoms with Crippen molar-refractivity contribution >= 4 is 22.7 Å². The van der Waals surface area contributed by atoms with Gasteiger partial charge in [0.05, 0.1) is 17.3 Å². The lowest BCUT2D eigenvalue weighted by molar-refractivity contribution is 0.102. The lowest BCUT2D eigenvalue weighted by Gasteiger charge is -2.09. The van der Waals surface area contributed by atoms with Gasteiger partial charge in [-0.2, -0.15) is 0 Å². The first kappa shape index (κ1) is 16.1. The average molecular weight is 342 g/mol. The number of fused-ring (bicyclic) bond motifs is 1. The third kappa shape index (κ3) is 2.86. The van der Waals surface area contributed by atoms with Gasteiger partial charge in [-0.1, -0.05) is 42.0 Å². The molecule has 4 heteroatoms. The molecule has 0 saturated heterocycles. The first-order valence-electron chi connectivity index (χ1n) is 8.44. The molecule has 0 unspecified atom stereocenters. The van der Waals surface area contributed by atoms with Crippen molar-refractivity contribution in [3.63, 3.8) is 0 Å². The molecule has 1 amide bonds. The number of aromatic nitrogens is 1. The number of rotatable bonds is 3. The maximum Gasteiger partial charge on any atom is 0.258 e. The second-order valence-corrected chi connectivity index (χ2v) is 6.31. The van der Waals surface area contributed by atoms with Crippen LogP contribution in [-0.2, 0) is 0 Å². The van der Waals surface area contributed by atoms with E-state index in [0.29, 0.717) is 11.4 Å². The Morgan fingerprint density at radius 1 is 1.00 bits per heavy atom. The Morgan fingerprint density at radius 3 is 2.69 bits per heavy atom. The molecule has 2 aromatic carbocycles. The minimum Gasteiger partial charge on any atom is -0.448 e. The lowest BCUT2D eigenvalue weighted by Crippen LogP contribution is -2.12. The van der Waals surface area contributed by atoms with Crippen LogP contribution in [-0.4, -0.2) is 10.9 Å². The van der Waals surface area contributed by atoms with Gasteiger partial charge in [-0.05, 0) is 43.2 Å². The first-order valence-corrected chi connectivity index (χ1v) is 8.44. The van der Waals surface area contributed by atoms with Crippen molar-refractivity contribution in [3.05, 3.63) is 83.7 Å². The molecule has 2 heterocycles. The summed E-state index contributed by atoms with van der Waals surface area (Å²) >= 11 is 0. The van der Waals surface area contributed by atoms with E-state index in [2.05, 4.69) is 36.3 Å². The number of para-hydroxylation sites is 1. The summed E-state index contributed by atoms with van der Waals surface area (Å²) < 4.78 is 5.56. The molecule has 0 radical (unpaired) electrons. The van der Waals surface area contributed by atoms with E-state index in [1.165, 1.54) is 5.56 Å². The Labute approximate surface area is 151 Å². The molecule has 26 heavy (non-hydrogen) atoms. The van der Waals surface area contributed by atoms with Gasteiger partial charge in [0.15, 0.2) is 0 Å². The van der Waals surface area contributed by atoms with Crippen LogP contribution in [0.25, 0.3) is 22.0 Å². The summed E-state index contributed by atoms with van der Waals surface area (Å²) in [7, 11) is 0. The zero-order valence-corrected chi connectivity index (χ0v) is 14.6. The number of anilines is 1. The minimum atomic E-state index is -0.218. The number of nitrogens with zero attached hydrogens (tertiary/aromatic N) is 1. The number of nitrogens with one attached hydrogen (secondary N) is 1. The Hall–Kier alpha value is -3.40. The summed E-state index contributed by atoms with van der Waals surface area (Å²) in [4.78, 5) is 17.2. The fraction of sp³-hybridized carbons (Fsp3) is 0.0909. The molecule has 0 aliphatic carbocycles. The Balaban J connectivity index is 1.70. The van der Waals surface area contributed by atoms with Gasteiger partial charge >= 0.3 is 0 Å². The van der Waals surface area contributed by atoms with E-state index in [4.69, 9.17) is 4.42 Å². The molecule has 0 bridgehead atoms. The summed E-state index contributed by atoms with van der Waals surface area (Å²) in [6.45, 7) is 4.11. The number of carbonyl (C=O) groups excluding carboxylic acids is 1. The Morgan fingerprint density at radius 2 is 1.85 bits per heavy atom. The number of benzene rings is 2. The average Bonchev–Trinajstić information content (AvgIpc) is 3.09. The minimum absolute atomic E-state index is 0.218. The van der Waals surface area contributed by atoms with Crippen molar-refractivity contribution in [2.45, 2.75) is 13.8 Å². The van der Waals surface area contributed by atoms with E-state index in [1.54, 1.807) is 18.5 Å². The van der Waals surface area contributed by atoms with Gasteiger partial charge in [-0.3, -0.25) is 15.1 Å². The molecular weight excluding hydrogens is 324 g/mol. The zero-order valence-electron chi connectivity index (χ0n) is 14.6. The number of pyridine rings is 1. The van der Waals surface area contributed by atoms with Crippen LogP contribution in [0, 0.1) is 13.8 Å². The normalized spacial score (nSPS) is 10.8. The summed E-state index contributed by atoms with van der Waals surface area (Å²) in [5.41, 5.74) is 5.60. The van der Waals surface area contributed by atoms with Crippen LogP contribution >= 0.6 is 0 Å². The summed E-state index contributed by atoms with van der Waals surface area (Å²) in [5.74, 6) is 0.229. The highest BCUT2D eigenvalue weighted by Crippen LogP contribution is 2.32. The molecule has 1 N–H and O–H groups in total. The second kappa shape index (κ2) is 6.48. The van der Waals surface area contributed by atoms with Crippen LogP contribution < -0.4 is 5.32 Å². The largest absolute Gasteiger partial charge is 0.448 e. The predicted octanol–water partition coefficient (Wildman–Crippen LogP) is 5.36. The van der Waals surface area contributed by atoms with Crippen LogP contribution in [0.15, 0.2) is 71.5 Å². The smallest absolute Gasteiger partial charge is 0.258 e. The standard InChI is InChI=1S/C22H18N2O2/c1-14-7-8-16(15(2)13-14)19-10-12-26-22(19)24-21(25)18-9-11-23-20-6-4-3-5-17(18)20/h3-13H,1-2H3,(H,24,25). The molecule has 4 rings (SSSR count). The molecule has 0 fully saturated rings. The van der Waals surface area contributed by atoms with Crippen LogP contribution in [0.1, 0.15) is 21.5 Å². The van der Waals surface area contributed by atoms with Crippen LogP contribution in [0.5, 0.6) is 0 Å². The molecule has 0 aliphatic heterocycles. The fourth-order valence-electron chi connectivity index (χ4n) is 3.20. The molecule has 0 atom stereocenters. The molecule has 4 aromatic rings. The number of furan rings is 1. The van der Waals surface area contributed by atoms with Gasteiger partial charge in [-0.15, -0.1) is 0 Å². The van der Waals surface area contributed by atoms with Crippen molar-refractivity contribution in [3.8, 4) is 11.1 Å². The summed E-state index contributed by atoms with van der Waals surface area (Å²) in [5, 5.41) is 3.72. The van der Waals surface area contributed by atoms with E-state index >= 15 is 0 Å². The maximum absolute atomic E-state index is 12.8. The highest BCUT2D eigenvalue weighted by molar-refractivity contribution is 6.12. The van der Waals surface area contributed by atoms with E-state index in [-0.39, 0.29) is 5.91 Å². The van der Waals surface area contributed by atoms with Gasteiger partial charge in [0.2, 0.25) is 5.88 Å². The van der Waals surface area contributed by atoms with Crippen molar-refractivity contribution in [2.24, 2.45) is 0 Å². The quantitative estimate of drug-likeness (QED) is 0.545. The SMILES string of the molecule is Cc1ccc(-c2ccoc2NC(=O)c2ccnc3ccccc23)c(C)c1. The molecule has 0 aliphatic rings. The molecular formula is C22H18N2O2. The number of carbonyl (C=O) groups is 1. The Bertz CT molecular complexity index is 1110. The molecule has 0 saturated carbocycles. The van der Waals surface area contributed by atoms with Crippen molar-refractivity contribution in [2.75, 3.05) is 5.32 Å². The van der Waals surface area contributed by atoms with E-state index < -0.39 is 0 Å². The third-order valence-electron chi connectivity index (χ3n) is 4.46. The van der Waals surface area contributed by atoms with Gasteiger partial charge in [0, 0.05) is 17.1 Å². The van der Waals surface area contributed by atoms with Gasteiger partial charge in [-0.25, -0.2) is 0 Å². The second-order valence-electron chi connectivity index (χ2n) is 6.31. The number of amides is 1. The number of aryl methyl sites for hydroxylation is 2. The highest BCUT2D eigenvalue weighted by atomic mass is 16.3. The highest BCUT2D eigenvalue weighted by Gasteiger charge is 2.16. The lowest BCUT2D eigenvalue weighted by atomic mass is 10.0. The van der Waals surface area contributed by atoms with Crippen LogP contribution in [0.3, 0.4) is 0 Å². The zero-order chi connectivity index (χ0) is 18.1. The number of hydrogen-bond donors (Lipinski definition) is 1. The fourth-order valence-corrected chi connectivity index (χ4v) is 3.20.